The third-order valence-corrected chi connectivity index (χ3v) is 6.95. The fourth-order valence-corrected chi connectivity index (χ4v) is 4.93. The monoisotopic (exact) mass is 410 g/mol. The quantitative estimate of drug-likeness (QED) is 0.829. The van der Waals surface area contributed by atoms with Crippen molar-refractivity contribution in [3.05, 3.63) is 58.9 Å². The lowest BCUT2D eigenvalue weighted by Crippen LogP contribution is -2.49. The van der Waals surface area contributed by atoms with Crippen LogP contribution in [0.15, 0.2) is 47.4 Å². The van der Waals surface area contributed by atoms with Crippen LogP contribution < -0.4 is 5.32 Å². The van der Waals surface area contributed by atoms with Crippen LogP contribution in [-0.4, -0.2) is 31.2 Å². The summed E-state index contributed by atoms with van der Waals surface area (Å²) in [5.41, 5.74) is 1.40. The van der Waals surface area contributed by atoms with E-state index in [4.69, 9.17) is 11.6 Å². The van der Waals surface area contributed by atoms with Gasteiger partial charge in [-0.25, -0.2) is 12.8 Å². The van der Waals surface area contributed by atoms with Gasteiger partial charge in [-0.3, -0.25) is 4.79 Å². The number of carbonyl (C=O) groups is 1. The van der Waals surface area contributed by atoms with E-state index in [1.54, 1.807) is 18.2 Å². The topological polar surface area (TPSA) is 66.5 Å². The SMILES string of the molecule is Cc1ccc(NC(=O)[C@H]2CCCCN2S(=O)(=O)c2ccc(F)cc2)cc1Cl. The maximum atomic E-state index is 13.1. The second kappa shape index (κ2) is 7.96. The molecule has 0 saturated carbocycles. The van der Waals surface area contributed by atoms with Crippen molar-refractivity contribution in [2.24, 2.45) is 0 Å². The molecule has 1 saturated heterocycles. The van der Waals surface area contributed by atoms with E-state index in [0.717, 1.165) is 24.1 Å². The highest BCUT2D eigenvalue weighted by atomic mass is 35.5. The number of halogens is 2. The number of rotatable bonds is 4. The van der Waals surface area contributed by atoms with E-state index in [9.17, 15) is 17.6 Å². The molecule has 27 heavy (non-hydrogen) atoms. The highest BCUT2D eigenvalue weighted by Crippen LogP contribution is 2.27. The van der Waals surface area contributed by atoms with Gasteiger partial charge < -0.3 is 5.32 Å². The molecule has 1 heterocycles. The first-order valence-electron chi connectivity index (χ1n) is 8.63. The van der Waals surface area contributed by atoms with Crippen LogP contribution in [0, 0.1) is 12.7 Å². The van der Waals surface area contributed by atoms with Gasteiger partial charge in [-0.15, -0.1) is 0 Å². The Balaban J connectivity index is 1.85. The molecule has 1 amide bonds. The molecule has 0 unspecified atom stereocenters. The molecule has 0 bridgehead atoms. The van der Waals surface area contributed by atoms with E-state index in [2.05, 4.69) is 5.32 Å². The van der Waals surface area contributed by atoms with Crippen LogP contribution in [0.2, 0.25) is 5.02 Å². The van der Waals surface area contributed by atoms with E-state index < -0.39 is 27.8 Å². The average Bonchev–Trinajstić information content (AvgIpc) is 2.65. The minimum atomic E-state index is -3.90. The van der Waals surface area contributed by atoms with Crippen molar-refractivity contribution in [3.63, 3.8) is 0 Å². The summed E-state index contributed by atoms with van der Waals surface area (Å²) >= 11 is 6.09. The number of piperidine rings is 1. The molecule has 5 nitrogen and oxygen atoms in total. The van der Waals surface area contributed by atoms with Gasteiger partial charge >= 0.3 is 0 Å². The maximum Gasteiger partial charge on any atom is 0.243 e. The van der Waals surface area contributed by atoms with Crippen LogP contribution in [0.4, 0.5) is 10.1 Å². The number of benzene rings is 2. The zero-order chi connectivity index (χ0) is 19.6. The van der Waals surface area contributed by atoms with Crippen LogP contribution >= 0.6 is 11.6 Å². The van der Waals surface area contributed by atoms with E-state index >= 15 is 0 Å². The normalized spacial score (nSPS) is 18.3. The number of carbonyl (C=O) groups excluding carboxylic acids is 1. The standard InChI is InChI=1S/C19H20ClFN2O3S/c1-13-5-8-15(12-17(13)20)22-19(24)18-4-2-3-11-23(18)27(25,26)16-9-6-14(21)7-10-16/h5-10,12,18H,2-4,11H2,1H3,(H,22,24)/t18-/m1/s1. The van der Waals surface area contributed by atoms with Crippen LogP contribution in [0.25, 0.3) is 0 Å². The first-order chi connectivity index (χ1) is 12.8. The van der Waals surface area contributed by atoms with Gasteiger partial charge in [-0.05, 0) is 61.7 Å². The van der Waals surface area contributed by atoms with Crippen LogP contribution in [-0.2, 0) is 14.8 Å². The van der Waals surface area contributed by atoms with Crippen molar-refractivity contribution in [1.29, 1.82) is 0 Å². The summed E-state index contributed by atoms with van der Waals surface area (Å²) in [6.45, 7) is 2.10. The summed E-state index contributed by atoms with van der Waals surface area (Å²) < 4.78 is 40.3. The van der Waals surface area contributed by atoms with Crippen molar-refractivity contribution in [3.8, 4) is 0 Å². The number of hydrogen-bond donors (Lipinski definition) is 1. The molecule has 144 valence electrons. The Hall–Kier alpha value is -1.96. The summed E-state index contributed by atoms with van der Waals surface area (Å²) in [6.07, 6.45) is 1.84. The van der Waals surface area contributed by atoms with Crippen molar-refractivity contribution in [2.45, 2.75) is 37.1 Å². The highest BCUT2D eigenvalue weighted by molar-refractivity contribution is 7.89. The lowest BCUT2D eigenvalue weighted by atomic mass is 10.0. The fraction of sp³-hybridized carbons (Fsp3) is 0.316. The van der Waals surface area contributed by atoms with Crippen molar-refractivity contribution >= 4 is 33.2 Å². The van der Waals surface area contributed by atoms with Gasteiger partial charge in [0.25, 0.3) is 0 Å². The summed E-state index contributed by atoms with van der Waals surface area (Å²) in [6, 6.07) is 8.94. The number of hydrogen-bond acceptors (Lipinski definition) is 3. The first-order valence-corrected chi connectivity index (χ1v) is 10.5. The van der Waals surface area contributed by atoms with E-state index in [1.807, 2.05) is 6.92 Å². The molecule has 1 fully saturated rings. The zero-order valence-electron chi connectivity index (χ0n) is 14.8. The molecule has 0 spiro atoms. The Morgan fingerprint density at radius 2 is 1.89 bits per heavy atom. The molecule has 8 heteroatoms. The van der Waals surface area contributed by atoms with Gasteiger partial charge in [0.1, 0.15) is 11.9 Å². The third kappa shape index (κ3) is 4.31. The van der Waals surface area contributed by atoms with Gasteiger partial charge in [-0.2, -0.15) is 4.31 Å². The fourth-order valence-electron chi connectivity index (χ4n) is 3.09. The lowest BCUT2D eigenvalue weighted by Gasteiger charge is -2.33. The first kappa shape index (κ1) is 19.8. The molecule has 2 aromatic rings. The molecule has 0 radical (unpaired) electrons. The average molecular weight is 411 g/mol. The Morgan fingerprint density at radius 1 is 1.19 bits per heavy atom. The van der Waals surface area contributed by atoms with Gasteiger partial charge in [0.2, 0.25) is 15.9 Å². The van der Waals surface area contributed by atoms with E-state index in [0.29, 0.717) is 23.6 Å². The Bertz CT molecular complexity index is 948. The molecule has 3 rings (SSSR count). The summed E-state index contributed by atoms with van der Waals surface area (Å²) in [4.78, 5) is 12.8. The molecule has 1 aliphatic heterocycles. The summed E-state index contributed by atoms with van der Waals surface area (Å²) in [7, 11) is -3.90. The van der Waals surface area contributed by atoms with Crippen molar-refractivity contribution < 1.29 is 17.6 Å². The predicted molar refractivity (Wildman–Crippen MR) is 103 cm³/mol. The predicted octanol–water partition coefficient (Wildman–Crippen LogP) is 3.97. The highest BCUT2D eigenvalue weighted by Gasteiger charge is 2.37. The molecular formula is C19H20ClFN2O3S. The molecular weight excluding hydrogens is 391 g/mol. The number of anilines is 1. The zero-order valence-corrected chi connectivity index (χ0v) is 16.4. The number of aryl methyl sites for hydroxylation is 1. The van der Waals surface area contributed by atoms with Crippen LogP contribution in [0.5, 0.6) is 0 Å². The lowest BCUT2D eigenvalue weighted by molar-refractivity contribution is -0.120. The molecule has 1 N–H and O–H groups in total. The van der Waals surface area contributed by atoms with Crippen LogP contribution in [0.1, 0.15) is 24.8 Å². The molecule has 1 aliphatic rings. The molecule has 0 aromatic heterocycles. The van der Waals surface area contributed by atoms with Crippen molar-refractivity contribution in [1.82, 2.24) is 4.31 Å². The van der Waals surface area contributed by atoms with Gasteiger partial charge in [0.05, 0.1) is 4.90 Å². The van der Waals surface area contributed by atoms with E-state index in [-0.39, 0.29) is 11.4 Å². The minimum Gasteiger partial charge on any atom is -0.325 e. The summed E-state index contributed by atoms with van der Waals surface area (Å²) in [5, 5.41) is 3.27. The Morgan fingerprint density at radius 3 is 2.56 bits per heavy atom. The minimum absolute atomic E-state index is 0.0259. The summed E-state index contributed by atoms with van der Waals surface area (Å²) in [5.74, 6) is -0.918. The third-order valence-electron chi connectivity index (χ3n) is 4.62. The smallest absolute Gasteiger partial charge is 0.243 e. The van der Waals surface area contributed by atoms with Gasteiger partial charge in [0, 0.05) is 17.3 Å². The largest absolute Gasteiger partial charge is 0.325 e. The van der Waals surface area contributed by atoms with E-state index in [1.165, 1.54) is 16.4 Å². The number of amides is 1. The second-order valence-electron chi connectivity index (χ2n) is 6.53. The Labute approximate surface area is 163 Å². The Kier molecular flexibility index (Phi) is 5.83. The molecule has 0 aliphatic carbocycles. The van der Waals surface area contributed by atoms with Gasteiger partial charge in [0.15, 0.2) is 0 Å². The number of sulfonamides is 1. The molecule has 1 atom stereocenters. The van der Waals surface area contributed by atoms with Gasteiger partial charge in [-0.1, -0.05) is 24.1 Å². The number of nitrogens with one attached hydrogen (secondary N) is 1. The van der Waals surface area contributed by atoms with Crippen LogP contribution in [0.3, 0.4) is 0 Å². The second-order valence-corrected chi connectivity index (χ2v) is 8.83. The molecule has 2 aromatic carbocycles. The maximum absolute atomic E-state index is 13.1. The van der Waals surface area contributed by atoms with Crippen molar-refractivity contribution in [2.75, 3.05) is 11.9 Å². The number of nitrogens with zero attached hydrogens (tertiary/aromatic N) is 1.